The molecule has 0 bridgehead atoms. The second kappa shape index (κ2) is 21.2. The van der Waals surface area contributed by atoms with Gasteiger partial charge in [-0.05, 0) is 19.3 Å². The molecular weight excluding hydrogens is 375 g/mol. The van der Waals surface area contributed by atoms with Crippen molar-refractivity contribution in [1.82, 2.24) is 0 Å². The summed E-state index contributed by atoms with van der Waals surface area (Å²) >= 11 is 0. The van der Waals surface area contributed by atoms with Gasteiger partial charge in [-0.25, -0.2) is 8.42 Å². The van der Waals surface area contributed by atoms with E-state index in [0.29, 0.717) is 12.8 Å². The Hall–Kier alpha value is 1.51. The summed E-state index contributed by atoms with van der Waals surface area (Å²) in [5.74, 6) is -0.276. The van der Waals surface area contributed by atoms with Gasteiger partial charge in [0, 0.05) is 5.75 Å². The average Bonchev–Trinajstić information content (AvgIpc) is 2.54. The Kier molecular flexibility index (Phi) is 24.2. The zero-order chi connectivity index (χ0) is 18.8. The summed E-state index contributed by atoms with van der Waals surface area (Å²) in [6, 6.07) is 0. The summed E-state index contributed by atoms with van der Waals surface area (Å²) in [6.07, 6.45) is 19.1. The fraction of sp³-hybridized carbons (Fsp3) is 1.00. The molecule has 0 rings (SSSR count). The van der Waals surface area contributed by atoms with Crippen molar-refractivity contribution in [3.8, 4) is 0 Å². The smallest absolute Gasteiger partial charge is 0.748 e. The van der Waals surface area contributed by atoms with Crippen molar-refractivity contribution >= 4 is 10.1 Å². The average molecular weight is 417 g/mol. The Bertz CT molecular complexity index is 374. The summed E-state index contributed by atoms with van der Waals surface area (Å²) in [6.45, 7) is 2.25. The molecule has 0 aliphatic rings. The van der Waals surface area contributed by atoms with Crippen molar-refractivity contribution in [3.05, 3.63) is 0 Å². The van der Waals surface area contributed by atoms with Crippen LogP contribution in [0.5, 0.6) is 0 Å². The van der Waals surface area contributed by atoms with Crippen molar-refractivity contribution < 1.29 is 69.5 Å². The predicted octanol–water partition coefficient (Wildman–Crippen LogP) is 2.55. The van der Waals surface area contributed by atoms with Gasteiger partial charge in [-0.15, -0.1) is 0 Å². The minimum absolute atomic E-state index is 0. The summed E-state index contributed by atoms with van der Waals surface area (Å²) in [5.41, 5.74) is 0. The SMILES string of the molecule is CCCCCCCCCCCCCCC(O)CCCCCS(=O)(=O)[O-].[K+]. The van der Waals surface area contributed by atoms with Crippen molar-refractivity contribution in [2.75, 3.05) is 5.75 Å². The van der Waals surface area contributed by atoms with E-state index in [1.165, 1.54) is 70.6 Å². The number of aliphatic hydroxyl groups is 1. The fourth-order valence-electron chi connectivity index (χ4n) is 3.20. The van der Waals surface area contributed by atoms with Crippen molar-refractivity contribution in [3.63, 3.8) is 0 Å². The molecule has 6 heteroatoms. The molecule has 4 nitrogen and oxygen atoms in total. The van der Waals surface area contributed by atoms with E-state index in [0.717, 1.165) is 25.7 Å². The Morgan fingerprint density at radius 3 is 1.42 bits per heavy atom. The van der Waals surface area contributed by atoms with Crippen LogP contribution in [0.15, 0.2) is 0 Å². The van der Waals surface area contributed by atoms with Crippen LogP contribution in [0.3, 0.4) is 0 Å². The quantitative estimate of drug-likeness (QED) is 0.199. The summed E-state index contributed by atoms with van der Waals surface area (Å²) in [7, 11) is -4.07. The molecule has 0 aromatic heterocycles. The van der Waals surface area contributed by atoms with Gasteiger partial charge in [0.2, 0.25) is 0 Å². The zero-order valence-corrected chi connectivity index (χ0v) is 21.3. The third-order valence-electron chi connectivity index (χ3n) is 4.82. The van der Waals surface area contributed by atoms with Gasteiger partial charge < -0.3 is 9.66 Å². The van der Waals surface area contributed by atoms with Crippen molar-refractivity contribution in [2.45, 2.75) is 122 Å². The third-order valence-corrected chi connectivity index (χ3v) is 5.61. The molecular formula is C20H41KO4S. The van der Waals surface area contributed by atoms with Crippen LogP contribution < -0.4 is 51.4 Å². The van der Waals surface area contributed by atoms with Crippen molar-refractivity contribution in [2.24, 2.45) is 0 Å². The molecule has 1 N–H and O–H groups in total. The first-order chi connectivity index (χ1) is 12.0. The molecule has 0 saturated carbocycles. The van der Waals surface area contributed by atoms with Crippen LogP contribution >= 0.6 is 0 Å². The third kappa shape index (κ3) is 25.5. The number of rotatable bonds is 19. The van der Waals surface area contributed by atoms with E-state index in [9.17, 15) is 18.1 Å². The monoisotopic (exact) mass is 416 g/mol. The second-order valence-corrected chi connectivity index (χ2v) is 8.97. The Labute approximate surface area is 205 Å². The molecule has 0 aromatic rings. The van der Waals surface area contributed by atoms with E-state index in [4.69, 9.17) is 0 Å². The molecule has 152 valence electrons. The van der Waals surface area contributed by atoms with Gasteiger partial charge in [0.15, 0.2) is 0 Å². The molecule has 1 unspecified atom stereocenters. The fourth-order valence-corrected chi connectivity index (χ4v) is 3.76. The van der Waals surface area contributed by atoms with Crippen LogP contribution in [0.2, 0.25) is 0 Å². The standard InChI is InChI=1S/C20H42O4S.K/c1-2-3-4-5-6-7-8-9-10-11-12-14-17-20(21)18-15-13-16-19-25(22,23)24;/h20-21H,2-19H2,1H3,(H,22,23,24);/q;+1/p-1. The van der Waals surface area contributed by atoms with E-state index >= 15 is 0 Å². The largest absolute Gasteiger partial charge is 1.00 e. The summed E-state index contributed by atoms with van der Waals surface area (Å²) < 4.78 is 31.4. The topological polar surface area (TPSA) is 77.4 Å². The van der Waals surface area contributed by atoms with Gasteiger partial charge in [0.1, 0.15) is 0 Å². The maximum atomic E-state index is 10.5. The van der Waals surface area contributed by atoms with E-state index in [1.807, 2.05) is 0 Å². The number of hydrogen-bond acceptors (Lipinski definition) is 4. The Morgan fingerprint density at radius 1 is 0.692 bits per heavy atom. The van der Waals surface area contributed by atoms with E-state index in [2.05, 4.69) is 6.92 Å². The van der Waals surface area contributed by atoms with Crippen LogP contribution in [-0.4, -0.2) is 29.9 Å². The number of hydrogen-bond donors (Lipinski definition) is 1. The molecule has 0 amide bonds. The molecule has 0 aliphatic carbocycles. The van der Waals surface area contributed by atoms with Crippen molar-refractivity contribution in [1.29, 1.82) is 0 Å². The van der Waals surface area contributed by atoms with Gasteiger partial charge in [0.25, 0.3) is 0 Å². The van der Waals surface area contributed by atoms with Crippen LogP contribution in [-0.2, 0) is 10.1 Å². The minimum Gasteiger partial charge on any atom is -0.748 e. The van der Waals surface area contributed by atoms with Crippen LogP contribution in [0.25, 0.3) is 0 Å². The van der Waals surface area contributed by atoms with Gasteiger partial charge in [-0.1, -0.05) is 96.8 Å². The number of aliphatic hydroxyl groups excluding tert-OH is 1. The first-order valence-corrected chi connectivity index (χ1v) is 12.1. The van der Waals surface area contributed by atoms with E-state index in [1.54, 1.807) is 0 Å². The van der Waals surface area contributed by atoms with Gasteiger partial charge in [0.05, 0.1) is 16.2 Å². The predicted molar refractivity (Wildman–Crippen MR) is 105 cm³/mol. The molecule has 0 spiro atoms. The van der Waals surface area contributed by atoms with Gasteiger partial charge in [-0.3, -0.25) is 0 Å². The van der Waals surface area contributed by atoms with Gasteiger partial charge >= 0.3 is 51.4 Å². The first-order valence-electron chi connectivity index (χ1n) is 10.6. The van der Waals surface area contributed by atoms with E-state index < -0.39 is 10.1 Å². The van der Waals surface area contributed by atoms with E-state index in [-0.39, 0.29) is 63.2 Å². The number of unbranched alkanes of at least 4 members (excludes halogenated alkanes) is 13. The molecule has 0 aromatic carbocycles. The van der Waals surface area contributed by atoms with Gasteiger partial charge in [-0.2, -0.15) is 0 Å². The second-order valence-electron chi connectivity index (χ2n) is 7.44. The van der Waals surface area contributed by atoms with Crippen LogP contribution in [0.4, 0.5) is 0 Å². The molecule has 1 atom stereocenters. The summed E-state index contributed by atoms with van der Waals surface area (Å²) in [4.78, 5) is 0. The normalized spacial score (nSPS) is 12.7. The Morgan fingerprint density at radius 2 is 1.04 bits per heavy atom. The maximum Gasteiger partial charge on any atom is 1.00 e. The first kappa shape index (κ1) is 29.7. The maximum absolute atomic E-state index is 10.5. The Balaban J connectivity index is 0. The zero-order valence-electron chi connectivity index (χ0n) is 17.4. The molecule has 0 saturated heterocycles. The molecule has 0 fully saturated rings. The van der Waals surface area contributed by atoms with Crippen LogP contribution in [0.1, 0.15) is 116 Å². The summed E-state index contributed by atoms with van der Waals surface area (Å²) in [5, 5.41) is 9.89. The molecule has 26 heavy (non-hydrogen) atoms. The molecule has 0 heterocycles. The van der Waals surface area contributed by atoms with Crippen LogP contribution in [0, 0.1) is 0 Å². The molecule has 0 aliphatic heterocycles. The molecule has 0 radical (unpaired) electrons. The minimum atomic E-state index is -4.07.